The van der Waals surface area contributed by atoms with E-state index in [1.807, 2.05) is 27.7 Å². The molecule has 1 fully saturated rings. The second-order valence-corrected chi connectivity index (χ2v) is 9.60. The lowest BCUT2D eigenvalue weighted by Crippen LogP contribution is -2.58. The van der Waals surface area contributed by atoms with Crippen LogP contribution in [0.1, 0.15) is 48.5 Å². The molecule has 0 N–H and O–H groups in total. The van der Waals surface area contributed by atoms with Crippen LogP contribution in [0.15, 0.2) is 29.2 Å². The Morgan fingerprint density at radius 1 is 1.19 bits per heavy atom. The van der Waals surface area contributed by atoms with Crippen molar-refractivity contribution in [3.8, 4) is 0 Å². The minimum Gasteiger partial charge on any atom is -0.458 e. The van der Waals surface area contributed by atoms with Gasteiger partial charge in [-0.2, -0.15) is 0 Å². The summed E-state index contributed by atoms with van der Waals surface area (Å²) in [5.41, 5.74) is -0.933. The van der Waals surface area contributed by atoms with Crippen LogP contribution in [0.25, 0.3) is 0 Å². The van der Waals surface area contributed by atoms with Crippen molar-refractivity contribution in [2.75, 3.05) is 19.6 Å². The van der Waals surface area contributed by atoms with E-state index in [9.17, 15) is 23.9 Å². The summed E-state index contributed by atoms with van der Waals surface area (Å²) in [6.45, 7) is 13.1. The van der Waals surface area contributed by atoms with E-state index in [0.717, 1.165) is 0 Å². The lowest BCUT2D eigenvalue weighted by molar-refractivity contribution is -0.387. The Morgan fingerprint density at radius 2 is 1.77 bits per heavy atom. The molecule has 1 aliphatic heterocycles. The number of esters is 1. The third kappa shape index (κ3) is 7.10. The van der Waals surface area contributed by atoms with Crippen LogP contribution in [0, 0.1) is 16.0 Å². The van der Waals surface area contributed by atoms with Crippen molar-refractivity contribution in [2.24, 2.45) is 5.92 Å². The van der Waals surface area contributed by atoms with Gasteiger partial charge in [-0.1, -0.05) is 39.8 Å². The summed E-state index contributed by atoms with van der Waals surface area (Å²) in [5, 5.41) is 11.2. The van der Waals surface area contributed by atoms with Gasteiger partial charge in [-0.3, -0.25) is 14.9 Å². The first-order valence-corrected chi connectivity index (χ1v) is 11.5. The summed E-state index contributed by atoms with van der Waals surface area (Å²) in [6.07, 6.45) is 0. The number of carbonyl (C=O) groups excluding carboxylic acids is 2. The molecule has 1 heterocycles. The molecule has 2 rings (SSSR count). The number of piperazine rings is 1. The average molecular weight is 456 g/mol. The number of para-hydroxylation sites is 1. The standard InChI is InChI=1S/C19H27N3O6S.C2H6/c1-13(2)17(18(24)28-19(3,4)5)21-11-10-20(12-16(21)23)29(27)15-9-7-6-8-14(15)22(25)26;1-2/h6-9,13,17H,10-12H2,1-5H3;1-2H3. The Labute approximate surface area is 186 Å². The molecule has 0 aliphatic carbocycles. The fourth-order valence-electron chi connectivity index (χ4n) is 3.12. The molecule has 1 aromatic carbocycles. The summed E-state index contributed by atoms with van der Waals surface area (Å²) in [5.74, 6) is -1.01. The van der Waals surface area contributed by atoms with Gasteiger partial charge in [0, 0.05) is 19.2 Å². The van der Waals surface area contributed by atoms with Gasteiger partial charge in [0.15, 0.2) is 0 Å². The van der Waals surface area contributed by atoms with Crippen molar-refractivity contribution in [1.29, 1.82) is 0 Å². The van der Waals surface area contributed by atoms with E-state index in [4.69, 9.17) is 4.74 Å². The molecule has 0 spiro atoms. The first kappa shape index (κ1) is 26.7. The zero-order chi connectivity index (χ0) is 23.9. The summed E-state index contributed by atoms with van der Waals surface area (Å²) in [6, 6.07) is 5.01. The van der Waals surface area contributed by atoms with Crippen LogP contribution in [0.2, 0.25) is 0 Å². The van der Waals surface area contributed by atoms with E-state index in [0.29, 0.717) is 0 Å². The van der Waals surface area contributed by atoms with Gasteiger partial charge in [-0.15, -0.1) is 0 Å². The molecule has 1 saturated heterocycles. The summed E-state index contributed by atoms with van der Waals surface area (Å²) in [4.78, 5) is 37.5. The number of carbonyl (C=O) groups is 2. The molecule has 0 aromatic heterocycles. The number of nitro benzene ring substituents is 1. The third-order valence-electron chi connectivity index (χ3n) is 4.32. The zero-order valence-corrected chi connectivity index (χ0v) is 20.1. The maximum absolute atomic E-state index is 12.9. The van der Waals surface area contributed by atoms with Crippen LogP contribution in [0.5, 0.6) is 0 Å². The predicted molar refractivity (Wildman–Crippen MR) is 119 cm³/mol. The summed E-state index contributed by atoms with van der Waals surface area (Å²) in [7, 11) is -1.86. The maximum Gasteiger partial charge on any atom is 0.329 e. The minimum absolute atomic E-state index is 0.0475. The molecular weight excluding hydrogens is 422 g/mol. The summed E-state index contributed by atoms with van der Waals surface area (Å²) < 4.78 is 19.7. The first-order valence-electron chi connectivity index (χ1n) is 10.3. The number of nitrogens with zero attached hydrogens (tertiary/aromatic N) is 3. The highest BCUT2D eigenvalue weighted by Gasteiger charge is 2.39. The molecule has 0 saturated carbocycles. The van der Waals surface area contributed by atoms with E-state index in [2.05, 4.69) is 0 Å². The third-order valence-corrected chi connectivity index (χ3v) is 5.82. The number of hydrogen-bond donors (Lipinski definition) is 0. The van der Waals surface area contributed by atoms with Crippen LogP contribution < -0.4 is 0 Å². The van der Waals surface area contributed by atoms with Gasteiger partial charge >= 0.3 is 5.97 Å². The Kier molecular flexibility index (Phi) is 9.76. The zero-order valence-electron chi connectivity index (χ0n) is 19.3. The quantitative estimate of drug-likeness (QED) is 0.370. The highest BCUT2D eigenvalue weighted by atomic mass is 32.2. The molecule has 0 bridgehead atoms. The fourth-order valence-corrected chi connectivity index (χ4v) is 4.39. The number of benzene rings is 1. The number of nitro groups is 1. The molecule has 31 heavy (non-hydrogen) atoms. The highest BCUT2D eigenvalue weighted by molar-refractivity contribution is 7.82. The smallest absolute Gasteiger partial charge is 0.329 e. The molecule has 10 heteroatoms. The van der Waals surface area contributed by atoms with Gasteiger partial charge in [-0.25, -0.2) is 13.3 Å². The van der Waals surface area contributed by atoms with Gasteiger partial charge < -0.3 is 9.64 Å². The van der Waals surface area contributed by atoms with Gasteiger partial charge in [0.2, 0.25) is 5.91 Å². The van der Waals surface area contributed by atoms with Crippen molar-refractivity contribution < 1.29 is 23.5 Å². The van der Waals surface area contributed by atoms with E-state index >= 15 is 0 Å². The molecule has 2 unspecified atom stereocenters. The first-order chi connectivity index (χ1) is 14.4. The molecule has 1 amide bonds. The molecule has 2 atom stereocenters. The van der Waals surface area contributed by atoms with Crippen molar-refractivity contribution in [2.45, 2.75) is 65.0 Å². The number of amides is 1. The normalized spacial score (nSPS) is 16.9. The second-order valence-electron chi connectivity index (χ2n) is 8.15. The van der Waals surface area contributed by atoms with Crippen molar-refractivity contribution in [3.05, 3.63) is 34.4 Å². The minimum atomic E-state index is -1.86. The van der Waals surface area contributed by atoms with Crippen LogP contribution in [0.3, 0.4) is 0 Å². The van der Waals surface area contributed by atoms with Crippen molar-refractivity contribution in [3.63, 3.8) is 0 Å². The van der Waals surface area contributed by atoms with Crippen molar-refractivity contribution >= 4 is 28.5 Å². The topological polar surface area (TPSA) is 110 Å². The predicted octanol–water partition coefficient (Wildman–Crippen LogP) is 3.15. The van der Waals surface area contributed by atoms with Gasteiger partial charge in [0.05, 0.1) is 11.5 Å². The molecule has 0 radical (unpaired) electrons. The molecule has 1 aliphatic rings. The Morgan fingerprint density at radius 3 is 2.26 bits per heavy atom. The van der Waals surface area contributed by atoms with E-state index in [1.54, 1.807) is 26.8 Å². The monoisotopic (exact) mass is 455 g/mol. The molecule has 1 aromatic rings. The van der Waals surface area contributed by atoms with Gasteiger partial charge in [-0.05, 0) is 32.8 Å². The number of ether oxygens (including phenoxy) is 1. The molecule has 9 nitrogen and oxygen atoms in total. The van der Waals surface area contributed by atoms with E-state index < -0.39 is 33.5 Å². The van der Waals surface area contributed by atoms with Crippen molar-refractivity contribution in [1.82, 2.24) is 9.21 Å². The van der Waals surface area contributed by atoms with Crippen LogP contribution in [0.4, 0.5) is 5.69 Å². The highest BCUT2D eigenvalue weighted by Crippen LogP contribution is 2.26. The Balaban J connectivity index is 0.00000233. The van der Waals surface area contributed by atoms with E-state index in [-0.39, 0.29) is 42.0 Å². The Hall–Kier alpha value is -2.33. The van der Waals surface area contributed by atoms with Crippen LogP contribution >= 0.6 is 0 Å². The molecule has 174 valence electrons. The van der Waals surface area contributed by atoms with Crippen LogP contribution in [-0.2, 0) is 25.3 Å². The SMILES string of the molecule is CC.CC(C)C(C(=O)OC(C)(C)C)N1CCN(S(=O)c2ccccc2[N+](=O)[O-])CC1=O. The number of rotatable bonds is 6. The lowest BCUT2D eigenvalue weighted by Gasteiger charge is -2.39. The van der Waals surface area contributed by atoms with E-state index in [1.165, 1.54) is 27.4 Å². The largest absolute Gasteiger partial charge is 0.458 e. The lowest BCUT2D eigenvalue weighted by atomic mass is 10.0. The Bertz CT molecular complexity index is 822. The average Bonchev–Trinajstić information content (AvgIpc) is 2.68. The van der Waals surface area contributed by atoms with Gasteiger partial charge in [0.1, 0.15) is 27.5 Å². The van der Waals surface area contributed by atoms with Gasteiger partial charge in [0.25, 0.3) is 5.69 Å². The fraction of sp³-hybridized carbons (Fsp3) is 0.619. The second kappa shape index (κ2) is 11.3. The molecular formula is C21H33N3O6S. The van der Waals surface area contributed by atoms with Crippen LogP contribution in [-0.4, -0.2) is 61.5 Å². The summed E-state index contributed by atoms with van der Waals surface area (Å²) >= 11 is 0. The maximum atomic E-state index is 12.9. The number of hydrogen-bond acceptors (Lipinski definition) is 6.